The SMILES string of the molecule is CCC(C)[C@H](NC(=O)[C@@H](CC(=O)[C@@H]1CSSC[C@H](NC(=O)[C@@H](CCC(=O)O)CC(=O)[C@H](Cc2c[nH]c3ccccc23)NC(C)(C)C)C(=O)N2C[C@H](O)CC2C(=O)C[C@@H](Cc2ccc(O)c(Cl)c2)C(=O)NCC(=O)C[C@@H](CC(C)C)C(=O)N1)Cc1c[nH]c2ccccc12)C(=O)C[C@@H](CCC(N)=O)C(=O)C(C)(C)C. The number of carboxylic acids is 1. The topological polar surface area (TPSA) is 404 Å². The number of para-hydroxylation sites is 2. The lowest BCUT2D eigenvalue weighted by Gasteiger charge is -2.31. The predicted molar refractivity (Wildman–Crippen MR) is 412 cm³/mol. The Bertz CT molecular complexity index is 4050. The molecule has 0 radical (unpaired) electrons. The number of nitrogens with two attached hydrogens (primary N) is 1. The van der Waals surface area contributed by atoms with Crippen molar-refractivity contribution >= 4 is 131 Å². The second kappa shape index (κ2) is 39.2. The summed E-state index contributed by atoms with van der Waals surface area (Å²) in [6.07, 6.45) is -0.950. The van der Waals surface area contributed by atoms with Crippen LogP contribution in [0.2, 0.25) is 5.02 Å². The number of aromatic hydroxyl groups is 1. The molecule has 0 saturated carbocycles. The molecule has 107 heavy (non-hydrogen) atoms. The zero-order valence-electron chi connectivity index (χ0n) is 62.8. The van der Waals surface area contributed by atoms with Crippen LogP contribution in [-0.4, -0.2) is 173 Å². The summed E-state index contributed by atoms with van der Waals surface area (Å²) in [7, 11) is 1.97. The summed E-state index contributed by atoms with van der Waals surface area (Å²) in [4.78, 5) is 195. The molecule has 2 saturated heterocycles. The number of Topliss-reactive ketones (excluding diaryl/α,β-unsaturated/α-hetero) is 6. The first-order valence-electron chi connectivity index (χ1n) is 36.8. The van der Waals surface area contributed by atoms with Crippen molar-refractivity contribution in [3.8, 4) is 5.75 Å². The van der Waals surface area contributed by atoms with E-state index in [2.05, 4.69) is 36.6 Å². The fourth-order valence-corrected chi connectivity index (χ4v) is 16.6. The molecule has 0 bridgehead atoms. The van der Waals surface area contributed by atoms with Gasteiger partial charge in [-0.2, -0.15) is 0 Å². The van der Waals surface area contributed by atoms with E-state index in [1.54, 1.807) is 40.1 Å². The Labute approximate surface area is 637 Å². The van der Waals surface area contributed by atoms with Crippen LogP contribution in [0.15, 0.2) is 79.1 Å². The molecule has 4 heterocycles. The molecular weight excluding hydrogens is 1430 g/mol. The molecule has 2 fully saturated rings. The summed E-state index contributed by atoms with van der Waals surface area (Å²) in [6.45, 7) is 17.0. The first-order chi connectivity index (χ1) is 50.4. The fraction of sp³-hybridized carbons (Fsp3) is 0.557. The van der Waals surface area contributed by atoms with Crippen molar-refractivity contribution in [3.05, 3.63) is 101 Å². The van der Waals surface area contributed by atoms with Crippen LogP contribution in [-0.2, 0) is 81.6 Å². The zero-order chi connectivity index (χ0) is 78.8. The van der Waals surface area contributed by atoms with Gasteiger partial charge in [-0.05, 0) is 112 Å². The first-order valence-corrected chi connectivity index (χ1v) is 39.7. The van der Waals surface area contributed by atoms with Crippen molar-refractivity contribution in [2.24, 2.45) is 52.6 Å². The van der Waals surface area contributed by atoms with Gasteiger partial charge in [-0.3, -0.25) is 62.3 Å². The van der Waals surface area contributed by atoms with Gasteiger partial charge in [-0.1, -0.05) is 131 Å². The normalized spacial score (nSPS) is 20.8. The highest BCUT2D eigenvalue weighted by atomic mass is 35.5. The monoisotopic (exact) mass is 1540 g/mol. The van der Waals surface area contributed by atoms with Gasteiger partial charge in [-0.25, -0.2) is 0 Å². The van der Waals surface area contributed by atoms with Crippen LogP contribution < -0.4 is 32.3 Å². The van der Waals surface area contributed by atoms with Gasteiger partial charge < -0.3 is 62.5 Å². The summed E-state index contributed by atoms with van der Waals surface area (Å²) >= 11 is 6.32. The number of carboxylic acid groups (broad SMARTS) is 1. The average molecular weight is 1540 g/mol. The number of hydrogen-bond acceptors (Lipinski definition) is 18. The van der Waals surface area contributed by atoms with Crippen molar-refractivity contribution in [1.29, 1.82) is 0 Å². The number of fused-ring (bicyclic) bond motifs is 3. The molecule has 2 aliphatic heterocycles. The second-order valence-electron chi connectivity index (χ2n) is 31.3. The first kappa shape index (κ1) is 86.0. The minimum atomic E-state index is -1.60. The third-order valence-corrected chi connectivity index (χ3v) is 22.6. The highest BCUT2D eigenvalue weighted by Crippen LogP contribution is 2.34. The molecule has 6 amide bonds. The van der Waals surface area contributed by atoms with Gasteiger partial charge in [0.2, 0.25) is 35.4 Å². The van der Waals surface area contributed by atoms with E-state index in [9.17, 15) is 53.7 Å². The third-order valence-electron chi connectivity index (χ3n) is 19.9. The number of carbonyl (C=O) groups excluding carboxylic acids is 12. The van der Waals surface area contributed by atoms with Crippen LogP contribution in [0, 0.1) is 46.8 Å². The van der Waals surface area contributed by atoms with Crippen LogP contribution in [0.4, 0.5) is 0 Å². The van der Waals surface area contributed by atoms with Gasteiger partial charge in [0.1, 0.15) is 17.6 Å². The van der Waals surface area contributed by atoms with Crippen molar-refractivity contribution < 1.29 is 77.6 Å². The Morgan fingerprint density at radius 3 is 1.95 bits per heavy atom. The largest absolute Gasteiger partial charge is 0.506 e. The van der Waals surface area contributed by atoms with Gasteiger partial charge in [-0.15, -0.1) is 0 Å². The number of aliphatic carboxylic acids is 1. The van der Waals surface area contributed by atoms with Gasteiger partial charge in [0.15, 0.2) is 28.9 Å². The van der Waals surface area contributed by atoms with E-state index in [1.165, 1.54) is 18.2 Å². The maximum atomic E-state index is 15.6. The molecule has 12 N–H and O–H groups in total. The molecule has 12 atom stereocenters. The quantitative estimate of drug-likeness (QED) is 0.0185. The van der Waals surface area contributed by atoms with E-state index in [0.29, 0.717) is 17.5 Å². The predicted octanol–water partition coefficient (Wildman–Crippen LogP) is 8.43. The number of aromatic nitrogens is 2. The number of benzene rings is 3. The van der Waals surface area contributed by atoms with E-state index < -0.39 is 198 Å². The lowest BCUT2D eigenvalue weighted by atomic mass is 9.77. The molecule has 5 aromatic rings. The molecule has 2 unspecified atom stereocenters. The molecule has 2 aromatic heterocycles. The number of nitrogens with one attached hydrogen (secondary N) is 7. The number of carbonyl (C=O) groups is 13. The summed E-state index contributed by atoms with van der Waals surface area (Å²) in [5.74, 6) is -16.3. The Morgan fingerprint density at radius 1 is 0.738 bits per heavy atom. The van der Waals surface area contributed by atoms with Crippen LogP contribution in [0.1, 0.15) is 163 Å². The van der Waals surface area contributed by atoms with E-state index in [4.69, 9.17) is 17.3 Å². The van der Waals surface area contributed by atoms with E-state index in [1.807, 2.05) is 90.1 Å². The molecule has 28 heteroatoms. The lowest BCUT2D eigenvalue weighted by molar-refractivity contribution is -0.142. The third kappa shape index (κ3) is 25.4. The molecule has 2 aliphatic rings. The number of rotatable bonds is 31. The number of halogens is 1. The van der Waals surface area contributed by atoms with Gasteiger partial charge in [0, 0.05) is 144 Å². The number of H-pyrrole nitrogens is 2. The van der Waals surface area contributed by atoms with E-state index in [0.717, 1.165) is 53.9 Å². The number of phenols is 1. The van der Waals surface area contributed by atoms with Crippen LogP contribution in [0.5, 0.6) is 5.75 Å². The van der Waals surface area contributed by atoms with Crippen molar-refractivity contribution in [2.45, 2.75) is 207 Å². The summed E-state index contributed by atoms with van der Waals surface area (Å²) in [5, 5.41) is 48.0. The van der Waals surface area contributed by atoms with E-state index >= 15 is 24.0 Å². The molecule has 3 aromatic carbocycles. The van der Waals surface area contributed by atoms with Gasteiger partial charge >= 0.3 is 5.97 Å². The molecule has 582 valence electrons. The number of aromatic amines is 2. The number of aliphatic hydroxyl groups excluding tert-OH is 1. The number of nitrogens with zero attached hydrogens (tertiary/aromatic N) is 1. The summed E-state index contributed by atoms with van der Waals surface area (Å²) in [6, 6.07) is 12.6. The Morgan fingerprint density at radius 2 is 1.36 bits per heavy atom. The molecule has 7 rings (SSSR count). The Hall–Kier alpha value is -8.24. The molecule has 0 aliphatic carbocycles. The summed E-state index contributed by atoms with van der Waals surface area (Å²) in [5.41, 5.74) is 7.41. The minimum Gasteiger partial charge on any atom is -0.506 e. The van der Waals surface area contributed by atoms with Crippen LogP contribution in [0.3, 0.4) is 0 Å². The Kier molecular flexibility index (Phi) is 31.5. The minimum absolute atomic E-state index is 0.000527. The molecular formula is C79H106ClN9O16S2. The molecule has 0 spiro atoms. The second-order valence-corrected chi connectivity index (χ2v) is 34.3. The zero-order valence-corrected chi connectivity index (χ0v) is 65.2. The highest BCUT2D eigenvalue weighted by molar-refractivity contribution is 8.76. The number of hydrogen-bond donors (Lipinski definition) is 11. The highest BCUT2D eigenvalue weighted by Gasteiger charge is 2.44. The number of amides is 6. The van der Waals surface area contributed by atoms with Gasteiger partial charge in [0.25, 0.3) is 0 Å². The lowest BCUT2D eigenvalue weighted by Crippen LogP contribution is -2.54. The van der Waals surface area contributed by atoms with E-state index in [-0.39, 0.29) is 91.8 Å². The maximum Gasteiger partial charge on any atom is 0.303 e. The number of phenolic OH excluding ortho intramolecular Hbond substituents is 1. The maximum absolute atomic E-state index is 15.6. The Balaban J connectivity index is 1.28. The number of ketones is 6. The van der Waals surface area contributed by atoms with Crippen molar-refractivity contribution in [1.82, 2.24) is 41.5 Å². The van der Waals surface area contributed by atoms with Crippen LogP contribution in [0.25, 0.3) is 21.8 Å². The fourth-order valence-electron chi connectivity index (χ4n) is 14.1. The number of aliphatic hydroxyl groups is 1. The van der Waals surface area contributed by atoms with Crippen molar-refractivity contribution in [2.75, 3.05) is 24.6 Å². The summed E-state index contributed by atoms with van der Waals surface area (Å²) < 4.78 is 0. The van der Waals surface area contributed by atoms with Gasteiger partial charge in [0.05, 0.1) is 41.8 Å². The standard InChI is InChI=1S/C79H106ClN9O16S2/c1-11-44(4)71(68(96)32-46(21-24-69(81)97)72(100)78(5,6)7)87-76(104)50(29-51-37-82-58-18-14-12-16-55(51)58)34-66(94)61-41-106-107-42-62(86-74(102)47(22-25-70(98)99)33-65(93)60(88-79(8,9)10)31-52-38-83-59-19-15-13-17-56(52)59)77(105)89-40-54(91)36-63(89)67(95)35-49(27-45-20-23-64(92)57(80)28-45)73(101)84-39-53(90)30-48(26-43(2)3)75(103)85-61/h12-20,23,28,37-38,43-44,46-50,54,60-63,71,82-83,88,91-92H,11,21-22,24-27,29-36,39-42H2,1-10H3,(H2,81,97)(H,84,101)(H,85,103)(H,86,102)(H,87,104)(H,98,99)/t44?,46-,47+,48-,49-,50-,54-,60+,61+,62+,63?,71+/m1/s1. The smallest absolute Gasteiger partial charge is 0.303 e. The molecule has 25 nitrogen and oxygen atoms in total. The average Bonchev–Trinajstić information content (AvgIpc) is 1.69. The number of primary amides is 1. The van der Waals surface area contributed by atoms with Crippen molar-refractivity contribution in [3.63, 3.8) is 0 Å². The van der Waals surface area contributed by atoms with Crippen LogP contribution >= 0.6 is 33.2 Å².